The van der Waals surface area contributed by atoms with Crippen LogP contribution in [-0.4, -0.2) is 15.7 Å². The van der Waals surface area contributed by atoms with Crippen molar-refractivity contribution < 1.29 is 9.21 Å². The zero-order chi connectivity index (χ0) is 16.4. The number of hydrogen-bond donors (Lipinski definition) is 1. The summed E-state index contributed by atoms with van der Waals surface area (Å²) in [5.41, 5.74) is 0.760. The van der Waals surface area contributed by atoms with Crippen molar-refractivity contribution in [3.63, 3.8) is 0 Å². The Hall–Kier alpha value is -2.27. The molecule has 0 radical (unpaired) electrons. The van der Waals surface area contributed by atoms with E-state index >= 15 is 0 Å². The third-order valence-electron chi connectivity index (χ3n) is 3.76. The molecule has 0 aliphatic heterocycles. The van der Waals surface area contributed by atoms with Crippen LogP contribution in [0.5, 0.6) is 0 Å². The number of nitrogens with one attached hydrogen (secondary N) is 1. The van der Waals surface area contributed by atoms with Crippen LogP contribution in [-0.2, 0) is 4.79 Å². The molecular weight excluding hydrogens is 314 g/mol. The van der Waals surface area contributed by atoms with Gasteiger partial charge in [0.05, 0.1) is 12.1 Å². The van der Waals surface area contributed by atoms with Crippen LogP contribution in [0.3, 0.4) is 0 Å². The monoisotopic (exact) mass is 331 g/mol. The largest absolute Gasteiger partial charge is 0.459 e. The number of rotatable bonds is 5. The molecule has 1 amide bonds. The van der Waals surface area contributed by atoms with Crippen molar-refractivity contribution in [3.05, 3.63) is 53.5 Å². The highest BCUT2D eigenvalue weighted by Gasteiger charge is 2.17. The molecule has 0 fully saturated rings. The van der Waals surface area contributed by atoms with E-state index in [0.717, 1.165) is 11.0 Å². The van der Waals surface area contributed by atoms with Crippen molar-refractivity contribution >= 4 is 28.5 Å². The minimum absolute atomic E-state index is 0.00619. The number of hydrogen-bond acceptors (Lipinski definition) is 3. The SMILES string of the molecule is C[C@@H](NC(=O)C[C@H](C)n1cccn1)c1cc2cc(Cl)ccc2o1. The molecule has 3 rings (SSSR count). The van der Waals surface area contributed by atoms with Crippen LogP contribution in [0.25, 0.3) is 11.0 Å². The molecule has 1 aromatic carbocycles. The summed E-state index contributed by atoms with van der Waals surface area (Å²) >= 11 is 5.98. The molecule has 0 spiro atoms. The zero-order valence-electron chi connectivity index (χ0n) is 13.0. The molecule has 0 saturated heterocycles. The minimum Gasteiger partial charge on any atom is -0.459 e. The van der Waals surface area contributed by atoms with Gasteiger partial charge in [-0.2, -0.15) is 5.10 Å². The van der Waals surface area contributed by atoms with E-state index in [1.54, 1.807) is 16.9 Å². The number of carbonyl (C=O) groups excluding carboxylic acids is 1. The number of carbonyl (C=O) groups is 1. The Morgan fingerprint density at radius 3 is 2.96 bits per heavy atom. The summed E-state index contributed by atoms with van der Waals surface area (Å²) in [6, 6.07) is 9.00. The summed E-state index contributed by atoms with van der Waals surface area (Å²) in [6.45, 7) is 3.86. The lowest BCUT2D eigenvalue weighted by atomic mass is 10.2. The van der Waals surface area contributed by atoms with Gasteiger partial charge in [-0.15, -0.1) is 0 Å². The highest BCUT2D eigenvalue weighted by atomic mass is 35.5. The lowest BCUT2D eigenvalue weighted by Gasteiger charge is -2.15. The maximum atomic E-state index is 12.2. The van der Waals surface area contributed by atoms with E-state index in [9.17, 15) is 4.79 Å². The van der Waals surface area contributed by atoms with Gasteiger partial charge in [0.1, 0.15) is 11.3 Å². The Morgan fingerprint density at radius 2 is 2.22 bits per heavy atom. The van der Waals surface area contributed by atoms with Crippen molar-refractivity contribution in [3.8, 4) is 0 Å². The first-order chi connectivity index (χ1) is 11.0. The van der Waals surface area contributed by atoms with Crippen LogP contribution < -0.4 is 5.32 Å². The number of amides is 1. The standard InChI is InChI=1S/C17H18ClN3O2/c1-11(21-7-3-6-19-21)8-17(22)20-12(2)16-10-13-9-14(18)4-5-15(13)23-16/h3-7,9-12H,8H2,1-2H3,(H,20,22)/t11-,12+/m0/s1. The van der Waals surface area contributed by atoms with Gasteiger partial charge in [-0.25, -0.2) is 0 Å². The molecule has 1 N–H and O–H groups in total. The number of nitrogens with zero attached hydrogens (tertiary/aromatic N) is 2. The first kappa shape index (κ1) is 15.6. The molecule has 6 heteroatoms. The Labute approximate surface area is 139 Å². The van der Waals surface area contributed by atoms with Crippen molar-refractivity contribution in [2.45, 2.75) is 32.4 Å². The van der Waals surface area contributed by atoms with Gasteiger partial charge >= 0.3 is 0 Å². The van der Waals surface area contributed by atoms with Crippen molar-refractivity contribution in [2.24, 2.45) is 0 Å². The van der Waals surface area contributed by atoms with Crippen molar-refractivity contribution in [2.75, 3.05) is 0 Å². The van der Waals surface area contributed by atoms with E-state index < -0.39 is 0 Å². The molecule has 120 valence electrons. The molecule has 2 aromatic heterocycles. The number of benzene rings is 1. The summed E-state index contributed by atoms with van der Waals surface area (Å²) < 4.78 is 7.54. The van der Waals surface area contributed by atoms with E-state index in [1.807, 2.05) is 44.3 Å². The van der Waals surface area contributed by atoms with Crippen LogP contribution >= 0.6 is 11.6 Å². The maximum absolute atomic E-state index is 12.2. The Balaban J connectivity index is 1.65. The number of fused-ring (bicyclic) bond motifs is 1. The van der Waals surface area contributed by atoms with Crippen LogP contribution in [0.1, 0.15) is 38.1 Å². The molecule has 0 saturated carbocycles. The van der Waals surface area contributed by atoms with Crippen LogP contribution in [0, 0.1) is 0 Å². The van der Waals surface area contributed by atoms with Gasteiger partial charge in [0, 0.05) is 29.2 Å². The molecule has 2 heterocycles. The van der Waals surface area contributed by atoms with Gasteiger partial charge in [0.15, 0.2) is 0 Å². The van der Waals surface area contributed by atoms with Crippen molar-refractivity contribution in [1.29, 1.82) is 0 Å². The second kappa shape index (κ2) is 6.46. The average molecular weight is 332 g/mol. The van der Waals surface area contributed by atoms with E-state index in [-0.39, 0.29) is 18.0 Å². The first-order valence-corrected chi connectivity index (χ1v) is 7.88. The average Bonchev–Trinajstić information content (AvgIpc) is 3.15. The number of furan rings is 1. The second-order valence-electron chi connectivity index (χ2n) is 5.66. The molecule has 5 nitrogen and oxygen atoms in total. The molecule has 0 aliphatic rings. The molecule has 3 aromatic rings. The fraction of sp³-hybridized carbons (Fsp3) is 0.294. The Bertz CT molecular complexity index is 810. The summed E-state index contributed by atoms with van der Waals surface area (Å²) in [4.78, 5) is 12.2. The third-order valence-corrected chi connectivity index (χ3v) is 3.99. The van der Waals surface area contributed by atoms with Gasteiger partial charge in [-0.05, 0) is 44.2 Å². The second-order valence-corrected chi connectivity index (χ2v) is 6.10. The van der Waals surface area contributed by atoms with Gasteiger partial charge in [-0.3, -0.25) is 9.48 Å². The highest BCUT2D eigenvalue weighted by Crippen LogP contribution is 2.26. The van der Waals surface area contributed by atoms with E-state index in [4.69, 9.17) is 16.0 Å². The van der Waals surface area contributed by atoms with Gasteiger partial charge < -0.3 is 9.73 Å². The van der Waals surface area contributed by atoms with Crippen LogP contribution in [0.2, 0.25) is 5.02 Å². The number of halogens is 1. The quantitative estimate of drug-likeness (QED) is 0.765. The van der Waals surface area contributed by atoms with Gasteiger partial charge in [0.25, 0.3) is 0 Å². The molecule has 0 bridgehead atoms. The zero-order valence-corrected chi connectivity index (χ0v) is 13.7. The van der Waals surface area contributed by atoms with E-state index in [2.05, 4.69) is 10.4 Å². The predicted molar refractivity (Wildman–Crippen MR) is 89.3 cm³/mol. The third kappa shape index (κ3) is 3.56. The normalized spacial score (nSPS) is 13.9. The van der Waals surface area contributed by atoms with Gasteiger partial charge in [-0.1, -0.05) is 11.6 Å². The minimum atomic E-state index is -0.210. The lowest BCUT2D eigenvalue weighted by molar-refractivity contribution is -0.122. The molecule has 0 unspecified atom stereocenters. The molecule has 23 heavy (non-hydrogen) atoms. The molecular formula is C17H18ClN3O2. The fourth-order valence-corrected chi connectivity index (χ4v) is 2.70. The Morgan fingerprint density at radius 1 is 1.39 bits per heavy atom. The molecule has 2 atom stereocenters. The topological polar surface area (TPSA) is 60.1 Å². The highest BCUT2D eigenvalue weighted by molar-refractivity contribution is 6.31. The molecule has 0 aliphatic carbocycles. The van der Waals surface area contributed by atoms with Crippen LogP contribution in [0.15, 0.2) is 47.1 Å². The lowest BCUT2D eigenvalue weighted by Crippen LogP contribution is -2.28. The predicted octanol–water partition coefficient (Wildman–Crippen LogP) is 4.11. The summed E-state index contributed by atoms with van der Waals surface area (Å²) in [6.07, 6.45) is 3.92. The summed E-state index contributed by atoms with van der Waals surface area (Å²) in [7, 11) is 0. The number of aromatic nitrogens is 2. The smallest absolute Gasteiger partial charge is 0.222 e. The van der Waals surface area contributed by atoms with E-state index in [0.29, 0.717) is 17.2 Å². The van der Waals surface area contributed by atoms with Crippen molar-refractivity contribution in [1.82, 2.24) is 15.1 Å². The Kier molecular flexibility index (Phi) is 4.39. The summed E-state index contributed by atoms with van der Waals surface area (Å²) in [5.74, 6) is 0.668. The first-order valence-electron chi connectivity index (χ1n) is 7.50. The van der Waals surface area contributed by atoms with Crippen LogP contribution in [0.4, 0.5) is 0 Å². The fourth-order valence-electron chi connectivity index (χ4n) is 2.52. The van der Waals surface area contributed by atoms with Gasteiger partial charge in [0.2, 0.25) is 5.91 Å². The summed E-state index contributed by atoms with van der Waals surface area (Å²) in [5, 5.41) is 8.70. The van der Waals surface area contributed by atoms with E-state index in [1.165, 1.54) is 0 Å². The maximum Gasteiger partial charge on any atom is 0.222 e.